The van der Waals surface area contributed by atoms with Crippen LogP contribution in [0, 0.1) is 16.9 Å². The first-order chi connectivity index (χ1) is 10.2. The molecule has 2 saturated carbocycles. The first kappa shape index (κ1) is 14.6. The monoisotopic (exact) mass is 304 g/mol. The van der Waals surface area contributed by atoms with Crippen LogP contribution in [0.3, 0.4) is 0 Å². The summed E-state index contributed by atoms with van der Waals surface area (Å²) in [4.78, 5) is 6.01. The van der Waals surface area contributed by atoms with E-state index in [0.29, 0.717) is 11.5 Å². The van der Waals surface area contributed by atoms with Gasteiger partial charge in [-0.15, -0.1) is 11.3 Å². The molecule has 0 amide bonds. The van der Waals surface area contributed by atoms with Gasteiger partial charge in [-0.05, 0) is 37.0 Å². The zero-order valence-corrected chi connectivity index (χ0v) is 13.5. The number of thiazole rings is 1. The van der Waals surface area contributed by atoms with Gasteiger partial charge in [0.1, 0.15) is 0 Å². The van der Waals surface area contributed by atoms with Crippen LogP contribution in [0.2, 0.25) is 0 Å². The maximum Gasteiger partial charge on any atom is 0.182 e. The Morgan fingerprint density at radius 3 is 2.86 bits per heavy atom. The zero-order valence-electron chi connectivity index (χ0n) is 12.7. The second-order valence-corrected chi connectivity index (χ2v) is 7.99. The summed E-state index contributed by atoms with van der Waals surface area (Å²) in [6, 6.07) is 0.371. The molecule has 114 valence electrons. The molecule has 0 saturated heterocycles. The van der Waals surface area contributed by atoms with Crippen LogP contribution < -0.4 is 10.6 Å². The molecule has 1 aromatic heterocycles. The van der Waals surface area contributed by atoms with Gasteiger partial charge in [-0.25, -0.2) is 4.98 Å². The molecular weight excluding hydrogens is 280 g/mol. The predicted molar refractivity (Wildman–Crippen MR) is 86.3 cm³/mol. The van der Waals surface area contributed by atoms with Crippen molar-refractivity contribution in [2.24, 2.45) is 5.41 Å². The van der Waals surface area contributed by atoms with Gasteiger partial charge in [0.2, 0.25) is 0 Å². The molecule has 0 aliphatic heterocycles. The van der Waals surface area contributed by atoms with Crippen molar-refractivity contribution in [3.05, 3.63) is 11.1 Å². The highest BCUT2D eigenvalue weighted by atomic mass is 32.1. The van der Waals surface area contributed by atoms with Gasteiger partial charge in [0.25, 0.3) is 0 Å². The lowest BCUT2D eigenvalue weighted by molar-refractivity contribution is 0.130. The van der Waals surface area contributed by atoms with Crippen molar-refractivity contribution in [1.29, 1.82) is 5.26 Å². The number of hydrogen-bond acceptors (Lipinski definition) is 5. The number of nitriles is 1. The van der Waals surface area contributed by atoms with E-state index in [1.165, 1.54) is 37.0 Å². The van der Waals surface area contributed by atoms with Gasteiger partial charge >= 0.3 is 0 Å². The highest BCUT2D eigenvalue weighted by Crippen LogP contribution is 2.41. The van der Waals surface area contributed by atoms with Crippen molar-refractivity contribution in [1.82, 2.24) is 10.3 Å². The Bertz CT molecular complexity index is 507. The van der Waals surface area contributed by atoms with E-state index in [1.54, 1.807) is 0 Å². The smallest absolute Gasteiger partial charge is 0.182 e. The van der Waals surface area contributed by atoms with E-state index in [0.717, 1.165) is 30.4 Å². The normalized spacial score (nSPS) is 29.4. The second kappa shape index (κ2) is 6.23. The summed E-state index contributed by atoms with van der Waals surface area (Å²) in [5.41, 5.74) is 0.297. The molecule has 1 aromatic rings. The molecule has 0 aromatic carbocycles. The highest BCUT2D eigenvalue weighted by Gasteiger charge is 2.40. The fraction of sp³-hybridized carbons (Fsp3) is 0.750. The lowest BCUT2D eigenvalue weighted by atomic mass is 9.67. The molecule has 2 N–H and O–H groups in total. The molecule has 21 heavy (non-hydrogen) atoms. The fourth-order valence-corrected chi connectivity index (χ4v) is 4.68. The van der Waals surface area contributed by atoms with Crippen LogP contribution in [0.25, 0.3) is 0 Å². The molecule has 2 aliphatic carbocycles. The predicted octanol–water partition coefficient (Wildman–Crippen LogP) is 3.84. The Morgan fingerprint density at radius 2 is 2.14 bits per heavy atom. The van der Waals surface area contributed by atoms with E-state index < -0.39 is 0 Å². The van der Waals surface area contributed by atoms with Crippen molar-refractivity contribution < 1.29 is 0 Å². The Balaban J connectivity index is 1.48. The maximum atomic E-state index is 8.62. The largest absolute Gasteiger partial charge is 0.361 e. The molecule has 0 bridgehead atoms. The molecule has 1 heterocycles. The van der Waals surface area contributed by atoms with Gasteiger partial charge in [-0.2, -0.15) is 5.26 Å². The topological polar surface area (TPSA) is 60.7 Å². The van der Waals surface area contributed by atoms with Crippen molar-refractivity contribution in [2.45, 2.75) is 63.8 Å². The van der Waals surface area contributed by atoms with Crippen molar-refractivity contribution in [3.63, 3.8) is 0 Å². The van der Waals surface area contributed by atoms with Gasteiger partial charge < -0.3 is 10.6 Å². The van der Waals surface area contributed by atoms with Crippen LogP contribution in [0.5, 0.6) is 0 Å². The van der Waals surface area contributed by atoms with Gasteiger partial charge in [0.15, 0.2) is 11.3 Å². The van der Waals surface area contributed by atoms with Crippen molar-refractivity contribution in [2.75, 3.05) is 11.9 Å². The molecular formula is C16H24N4S. The molecule has 0 radical (unpaired) electrons. The molecule has 4 nitrogen and oxygen atoms in total. The SMILES string of the molecule is CC1(CNc2ncc(C3CCCCC3)s2)CC(NC#N)C1. The quantitative estimate of drug-likeness (QED) is 0.641. The van der Waals surface area contributed by atoms with E-state index in [-0.39, 0.29) is 0 Å². The van der Waals surface area contributed by atoms with Crippen LogP contribution in [0.1, 0.15) is 62.7 Å². The van der Waals surface area contributed by atoms with Gasteiger partial charge in [0, 0.05) is 23.7 Å². The maximum absolute atomic E-state index is 8.62. The van der Waals surface area contributed by atoms with E-state index in [1.807, 2.05) is 17.5 Å². The van der Waals surface area contributed by atoms with Crippen LogP contribution >= 0.6 is 11.3 Å². The van der Waals surface area contributed by atoms with Crippen LogP contribution in [-0.2, 0) is 0 Å². The molecule has 0 atom stereocenters. The summed E-state index contributed by atoms with van der Waals surface area (Å²) in [5.74, 6) is 0.746. The van der Waals surface area contributed by atoms with Gasteiger partial charge in [-0.1, -0.05) is 26.2 Å². The summed E-state index contributed by atoms with van der Waals surface area (Å²) in [5, 5.41) is 16.0. The summed E-state index contributed by atoms with van der Waals surface area (Å²) in [6.07, 6.45) is 13.1. The minimum absolute atomic E-state index is 0.297. The number of nitrogens with one attached hydrogen (secondary N) is 2. The summed E-state index contributed by atoms with van der Waals surface area (Å²) >= 11 is 1.84. The lowest BCUT2D eigenvalue weighted by Crippen LogP contribution is -2.49. The van der Waals surface area contributed by atoms with E-state index in [4.69, 9.17) is 5.26 Å². The number of rotatable bonds is 5. The number of aromatic nitrogens is 1. The summed E-state index contributed by atoms with van der Waals surface area (Å²) < 4.78 is 0. The third-order valence-corrected chi connectivity index (χ3v) is 6.06. The van der Waals surface area contributed by atoms with Crippen LogP contribution in [0.15, 0.2) is 6.20 Å². The highest BCUT2D eigenvalue weighted by molar-refractivity contribution is 7.15. The standard InChI is InChI=1S/C16H24N4S/c1-16(7-13(8-16)20-11-17)10-19-15-18-9-14(21-15)12-5-3-2-4-6-12/h9,12-13,20H,2-8,10H2,1H3,(H,18,19). The minimum Gasteiger partial charge on any atom is -0.361 e. The third kappa shape index (κ3) is 3.49. The number of nitrogens with zero attached hydrogens (tertiary/aromatic N) is 2. The van der Waals surface area contributed by atoms with E-state index in [2.05, 4.69) is 28.7 Å². The first-order valence-electron chi connectivity index (χ1n) is 8.03. The molecule has 2 aliphatic rings. The van der Waals surface area contributed by atoms with Gasteiger partial charge in [0.05, 0.1) is 0 Å². The van der Waals surface area contributed by atoms with Gasteiger partial charge in [-0.3, -0.25) is 0 Å². The van der Waals surface area contributed by atoms with Crippen molar-refractivity contribution in [3.8, 4) is 6.19 Å². The summed E-state index contributed by atoms with van der Waals surface area (Å²) in [7, 11) is 0. The average Bonchev–Trinajstić information content (AvgIpc) is 2.94. The average molecular weight is 304 g/mol. The molecule has 3 rings (SSSR count). The van der Waals surface area contributed by atoms with Crippen LogP contribution in [-0.4, -0.2) is 17.6 Å². The Labute approximate surface area is 131 Å². The molecule has 5 heteroatoms. The third-order valence-electron chi connectivity index (χ3n) is 4.94. The fourth-order valence-electron chi connectivity index (χ4n) is 3.70. The first-order valence-corrected chi connectivity index (χ1v) is 8.84. The van der Waals surface area contributed by atoms with Crippen LogP contribution in [0.4, 0.5) is 5.13 Å². The molecule has 2 fully saturated rings. The summed E-state index contributed by atoms with van der Waals surface area (Å²) in [6.45, 7) is 3.24. The Morgan fingerprint density at radius 1 is 1.38 bits per heavy atom. The molecule has 0 spiro atoms. The lowest BCUT2D eigenvalue weighted by Gasteiger charge is -2.44. The van der Waals surface area contributed by atoms with Crippen molar-refractivity contribution >= 4 is 16.5 Å². The number of anilines is 1. The van der Waals surface area contributed by atoms with E-state index in [9.17, 15) is 0 Å². The number of hydrogen-bond donors (Lipinski definition) is 2. The second-order valence-electron chi connectivity index (χ2n) is 6.93. The molecule has 0 unspecified atom stereocenters. The van der Waals surface area contributed by atoms with E-state index >= 15 is 0 Å². The zero-order chi connectivity index (χ0) is 14.7. The minimum atomic E-state index is 0.297. The Hall–Kier alpha value is -1.28. The Kier molecular flexibility index (Phi) is 4.34.